The first kappa shape index (κ1) is 10.8. The Kier molecular flexibility index (Phi) is 2.74. The summed E-state index contributed by atoms with van der Waals surface area (Å²) in [4.78, 5) is 9.98. The zero-order chi connectivity index (χ0) is 11.7. The molecule has 1 aliphatic carbocycles. The number of nitro groups is 1. The molecule has 0 amide bonds. The molecule has 1 aliphatic rings. The third-order valence-electron chi connectivity index (χ3n) is 2.70. The van der Waals surface area contributed by atoms with Crippen molar-refractivity contribution in [3.05, 3.63) is 34.1 Å². The summed E-state index contributed by atoms with van der Waals surface area (Å²) in [6.07, 6.45) is 1.52. The predicted molar refractivity (Wildman–Crippen MR) is 57.7 cm³/mol. The van der Waals surface area contributed by atoms with Gasteiger partial charge in [-0.25, -0.2) is 0 Å². The van der Waals surface area contributed by atoms with Crippen molar-refractivity contribution >= 4 is 11.4 Å². The molecule has 0 unspecified atom stereocenters. The van der Waals surface area contributed by atoms with Gasteiger partial charge >= 0.3 is 5.69 Å². The highest BCUT2D eigenvalue weighted by atomic mass is 19.1. The highest BCUT2D eigenvalue weighted by molar-refractivity contribution is 5.62. The van der Waals surface area contributed by atoms with Crippen molar-refractivity contribution in [2.24, 2.45) is 5.73 Å². The Morgan fingerprint density at radius 1 is 1.50 bits per heavy atom. The number of nitrogens with one attached hydrogen (secondary N) is 1. The van der Waals surface area contributed by atoms with Crippen molar-refractivity contribution in [1.82, 2.24) is 0 Å². The molecule has 0 heterocycles. The molecule has 0 spiro atoms. The largest absolute Gasteiger partial charge is 0.377 e. The number of nitrogens with zero attached hydrogens (tertiary/aromatic N) is 1. The quantitative estimate of drug-likeness (QED) is 0.605. The third kappa shape index (κ3) is 1.96. The summed E-state index contributed by atoms with van der Waals surface area (Å²) in [6.45, 7) is 0. The SMILES string of the molecule is NC1CC(Nc2cccc(F)c2[N+](=O)[O-])C1. The molecule has 0 atom stereocenters. The number of halogens is 1. The van der Waals surface area contributed by atoms with Crippen LogP contribution >= 0.6 is 0 Å². The van der Waals surface area contributed by atoms with Crippen LogP contribution in [-0.2, 0) is 0 Å². The molecule has 86 valence electrons. The predicted octanol–water partition coefficient (Wildman–Crippen LogP) is 1.64. The van der Waals surface area contributed by atoms with Gasteiger partial charge in [0, 0.05) is 12.1 Å². The number of nitro benzene ring substituents is 1. The minimum absolute atomic E-state index is 0.107. The molecule has 0 aromatic heterocycles. The molecule has 2 rings (SSSR count). The van der Waals surface area contributed by atoms with Crippen molar-refractivity contribution in [3.8, 4) is 0 Å². The smallest absolute Gasteiger partial charge is 0.327 e. The lowest BCUT2D eigenvalue weighted by molar-refractivity contribution is -0.386. The highest BCUT2D eigenvalue weighted by Crippen LogP contribution is 2.31. The van der Waals surface area contributed by atoms with E-state index in [2.05, 4.69) is 5.32 Å². The molecule has 0 bridgehead atoms. The lowest BCUT2D eigenvalue weighted by Crippen LogP contribution is -2.44. The summed E-state index contributed by atoms with van der Waals surface area (Å²) in [5.74, 6) is -0.821. The van der Waals surface area contributed by atoms with Gasteiger partial charge in [0.2, 0.25) is 5.82 Å². The van der Waals surface area contributed by atoms with Crippen molar-refractivity contribution in [2.75, 3.05) is 5.32 Å². The van der Waals surface area contributed by atoms with Gasteiger partial charge in [-0.3, -0.25) is 10.1 Å². The number of rotatable bonds is 3. The Bertz CT molecular complexity index is 419. The Hall–Kier alpha value is -1.69. The van der Waals surface area contributed by atoms with E-state index in [1.807, 2.05) is 0 Å². The third-order valence-corrected chi connectivity index (χ3v) is 2.70. The maximum Gasteiger partial charge on any atom is 0.327 e. The number of hydrogen-bond donors (Lipinski definition) is 2. The standard InChI is InChI=1S/C10H12FN3O2/c11-8-2-1-3-9(10(8)14(15)16)13-7-4-6(12)5-7/h1-3,6-7,13H,4-5,12H2. The summed E-state index contributed by atoms with van der Waals surface area (Å²) in [7, 11) is 0. The Labute approximate surface area is 91.6 Å². The van der Waals surface area contributed by atoms with E-state index in [9.17, 15) is 14.5 Å². The zero-order valence-electron chi connectivity index (χ0n) is 8.52. The topological polar surface area (TPSA) is 81.2 Å². The Balaban J connectivity index is 2.19. The fraction of sp³-hybridized carbons (Fsp3) is 0.400. The van der Waals surface area contributed by atoms with Gasteiger partial charge in [0.25, 0.3) is 0 Å². The molecule has 1 aromatic carbocycles. The van der Waals surface area contributed by atoms with Gasteiger partial charge in [-0.1, -0.05) is 6.07 Å². The monoisotopic (exact) mass is 225 g/mol. The van der Waals surface area contributed by atoms with E-state index in [1.165, 1.54) is 12.1 Å². The maximum absolute atomic E-state index is 13.2. The van der Waals surface area contributed by atoms with Gasteiger partial charge in [-0.05, 0) is 25.0 Å². The van der Waals surface area contributed by atoms with Crippen LogP contribution in [0.4, 0.5) is 15.8 Å². The van der Waals surface area contributed by atoms with Crippen molar-refractivity contribution < 1.29 is 9.31 Å². The van der Waals surface area contributed by atoms with Crippen LogP contribution in [0.3, 0.4) is 0 Å². The average Bonchev–Trinajstić information content (AvgIpc) is 2.14. The van der Waals surface area contributed by atoms with Gasteiger partial charge in [0.15, 0.2) is 0 Å². The van der Waals surface area contributed by atoms with E-state index in [4.69, 9.17) is 5.73 Å². The van der Waals surface area contributed by atoms with Gasteiger partial charge in [0.1, 0.15) is 5.69 Å². The van der Waals surface area contributed by atoms with Crippen LogP contribution in [0.5, 0.6) is 0 Å². The van der Waals surface area contributed by atoms with Crippen LogP contribution in [0.15, 0.2) is 18.2 Å². The molecule has 1 fully saturated rings. The summed E-state index contributed by atoms with van der Waals surface area (Å²) < 4.78 is 13.2. The van der Waals surface area contributed by atoms with Gasteiger partial charge in [0.05, 0.1) is 4.92 Å². The molecule has 0 aliphatic heterocycles. The second-order valence-corrected chi connectivity index (χ2v) is 3.97. The van der Waals surface area contributed by atoms with Gasteiger partial charge in [-0.2, -0.15) is 4.39 Å². The molecular formula is C10H12FN3O2. The fourth-order valence-corrected chi connectivity index (χ4v) is 1.82. The number of hydrogen-bond acceptors (Lipinski definition) is 4. The van der Waals surface area contributed by atoms with Crippen LogP contribution < -0.4 is 11.1 Å². The molecule has 1 saturated carbocycles. The van der Waals surface area contributed by atoms with Gasteiger partial charge in [-0.15, -0.1) is 0 Å². The van der Waals surface area contributed by atoms with Crippen LogP contribution in [0, 0.1) is 15.9 Å². The van der Waals surface area contributed by atoms with Crippen molar-refractivity contribution in [2.45, 2.75) is 24.9 Å². The first-order valence-electron chi connectivity index (χ1n) is 5.03. The van der Waals surface area contributed by atoms with E-state index < -0.39 is 16.4 Å². The summed E-state index contributed by atoms with van der Waals surface area (Å²) in [6, 6.07) is 4.28. The first-order chi connectivity index (χ1) is 7.58. The maximum atomic E-state index is 13.2. The normalized spacial score (nSPS) is 23.6. The van der Waals surface area contributed by atoms with E-state index in [1.54, 1.807) is 0 Å². The number of benzene rings is 1. The lowest BCUT2D eigenvalue weighted by Gasteiger charge is -2.33. The molecule has 6 heteroatoms. The van der Waals surface area contributed by atoms with E-state index in [0.717, 1.165) is 18.9 Å². The highest BCUT2D eigenvalue weighted by Gasteiger charge is 2.28. The molecule has 0 radical (unpaired) electrons. The average molecular weight is 225 g/mol. The first-order valence-corrected chi connectivity index (χ1v) is 5.03. The van der Waals surface area contributed by atoms with Crippen LogP contribution in [0.1, 0.15) is 12.8 Å². The zero-order valence-corrected chi connectivity index (χ0v) is 8.52. The molecule has 0 saturated heterocycles. The van der Waals surface area contributed by atoms with Crippen molar-refractivity contribution in [1.29, 1.82) is 0 Å². The molecule has 3 N–H and O–H groups in total. The van der Waals surface area contributed by atoms with Crippen LogP contribution in [0.25, 0.3) is 0 Å². The minimum atomic E-state index is -0.821. The number of anilines is 1. The fourth-order valence-electron chi connectivity index (χ4n) is 1.82. The van der Waals surface area contributed by atoms with Crippen molar-refractivity contribution in [3.63, 3.8) is 0 Å². The summed E-state index contributed by atoms with van der Waals surface area (Å²) in [5.41, 5.74) is 5.33. The second kappa shape index (κ2) is 4.05. The number of nitrogens with two attached hydrogens (primary N) is 1. The minimum Gasteiger partial charge on any atom is -0.377 e. The number of para-hydroxylation sites is 1. The molecule has 5 nitrogen and oxygen atoms in total. The summed E-state index contributed by atoms with van der Waals surface area (Å²) in [5, 5.41) is 13.6. The molecule has 1 aromatic rings. The Morgan fingerprint density at radius 3 is 2.75 bits per heavy atom. The van der Waals surface area contributed by atoms with Crippen LogP contribution in [-0.4, -0.2) is 17.0 Å². The lowest BCUT2D eigenvalue weighted by atomic mass is 9.87. The van der Waals surface area contributed by atoms with Crippen LogP contribution in [0.2, 0.25) is 0 Å². The molecule has 16 heavy (non-hydrogen) atoms. The van der Waals surface area contributed by atoms with E-state index in [0.29, 0.717) is 0 Å². The Morgan fingerprint density at radius 2 is 2.19 bits per heavy atom. The van der Waals surface area contributed by atoms with E-state index >= 15 is 0 Å². The molecular weight excluding hydrogens is 213 g/mol. The second-order valence-electron chi connectivity index (χ2n) is 3.97. The van der Waals surface area contributed by atoms with E-state index in [-0.39, 0.29) is 17.8 Å². The summed E-state index contributed by atoms with van der Waals surface area (Å²) >= 11 is 0. The van der Waals surface area contributed by atoms with Gasteiger partial charge < -0.3 is 11.1 Å².